The van der Waals surface area contributed by atoms with Crippen LogP contribution in [0.3, 0.4) is 0 Å². The molecule has 0 aromatic carbocycles. The lowest BCUT2D eigenvalue weighted by molar-refractivity contribution is -0.146. The Kier molecular flexibility index (Phi) is 3.19. The van der Waals surface area contributed by atoms with Gasteiger partial charge in [0.1, 0.15) is 0 Å². The number of halogens is 3. The van der Waals surface area contributed by atoms with E-state index in [1.165, 1.54) is 0 Å². The summed E-state index contributed by atoms with van der Waals surface area (Å²) in [5.74, 6) is -0.151. The van der Waals surface area contributed by atoms with Crippen molar-refractivity contribution in [3.05, 3.63) is 0 Å². The number of rotatable bonds is 2. The van der Waals surface area contributed by atoms with Gasteiger partial charge >= 0.3 is 6.18 Å². The minimum atomic E-state index is -4.00. The molecule has 0 aliphatic heterocycles. The molecule has 0 amide bonds. The van der Waals surface area contributed by atoms with Gasteiger partial charge < -0.3 is 0 Å². The van der Waals surface area contributed by atoms with Crippen LogP contribution in [0.25, 0.3) is 0 Å². The highest BCUT2D eigenvalue weighted by molar-refractivity contribution is 4.61. The van der Waals surface area contributed by atoms with Crippen LogP contribution >= 0.6 is 0 Å². The first-order valence-electron chi connectivity index (χ1n) is 3.39. The van der Waals surface area contributed by atoms with Crippen molar-refractivity contribution < 1.29 is 13.2 Å². The maximum Gasteiger partial charge on any atom is 0.389 e. The van der Waals surface area contributed by atoms with E-state index in [0.29, 0.717) is 0 Å². The fraction of sp³-hybridized carbons (Fsp3) is 1.00. The highest BCUT2D eigenvalue weighted by Crippen LogP contribution is 2.28. The van der Waals surface area contributed by atoms with Crippen molar-refractivity contribution >= 4 is 0 Å². The SMILES string of the molecule is CC(C)[C@@H](C)CC(F)(F)F. The predicted octanol–water partition coefficient (Wildman–Crippen LogP) is 3.23. The predicted molar refractivity (Wildman–Crippen MR) is 34.7 cm³/mol. The van der Waals surface area contributed by atoms with Crippen molar-refractivity contribution in [1.29, 1.82) is 0 Å². The summed E-state index contributed by atoms with van der Waals surface area (Å²) in [6.45, 7) is 5.23. The Balaban J connectivity index is 3.68. The first kappa shape index (κ1) is 9.79. The van der Waals surface area contributed by atoms with Gasteiger partial charge in [0.25, 0.3) is 0 Å². The summed E-state index contributed by atoms with van der Waals surface area (Å²) < 4.78 is 35.0. The van der Waals surface area contributed by atoms with E-state index in [9.17, 15) is 13.2 Å². The molecule has 3 heteroatoms. The van der Waals surface area contributed by atoms with Gasteiger partial charge in [0.05, 0.1) is 0 Å². The van der Waals surface area contributed by atoms with Crippen LogP contribution in [-0.4, -0.2) is 6.18 Å². The second kappa shape index (κ2) is 3.26. The zero-order chi connectivity index (χ0) is 8.36. The van der Waals surface area contributed by atoms with Gasteiger partial charge in [-0.1, -0.05) is 20.8 Å². The molecule has 0 radical (unpaired) electrons. The van der Waals surface area contributed by atoms with Crippen LogP contribution in [0.1, 0.15) is 27.2 Å². The van der Waals surface area contributed by atoms with E-state index >= 15 is 0 Å². The molecule has 62 valence electrons. The van der Waals surface area contributed by atoms with Gasteiger partial charge in [-0.3, -0.25) is 0 Å². The standard InChI is InChI=1S/C7H13F3/c1-5(2)6(3)4-7(8,9)10/h5-6H,4H2,1-3H3/t6-/m0/s1. The lowest BCUT2D eigenvalue weighted by Crippen LogP contribution is -2.16. The van der Waals surface area contributed by atoms with Crippen molar-refractivity contribution in [1.82, 2.24) is 0 Å². The molecule has 0 fully saturated rings. The molecule has 0 saturated carbocycles. The van der Waals surface area contributed by atoms with Crippen molar-refractivity contribution in [2.75, 3.05) is 0 Å². The maximum absolute atomic E-state index is 11.7. The average molecular weight is 154 g/mol. The van der Waals surface area contributed by atoms with E-state index in [0.717, 1.165) is 0 Å². The normalized spacial score (nSPS) is 15.9. The smallest absolute Gasteiger partial charge is 0.171 e. The molecule has 10 heavy (non-hydrogen) atoms. The van der Waals surface area contributed by atoms with Crippen LogP contribution in [0.5, 0.6) is 0 Å². The van der Waals surface area contributed by atoms with Gasteiger partial charge in [-0.25, -0.2) is 0 Å². The van der Waals surface area contributed by atoms with Gasteiger partial charge in [-0.2, -0.15) is 13.2 Å². The summed E-state index contributed by atoms with van der Waals surface area (Å²) in [7, 11) is 0. The first-order valence-corrected chi connectivity index (χ1v) is 3.39. The third-order valence-electron chi connectivity index (χ3n) is 1.69. The summed E-state index contributed by atoms with van der Waals surface area (Å²) in [5.41, 5.74) is 0. The minimum Gasteiger partial charge on any atom is -0.171 e. The lowest BCUT2D eigenvalue weighted by Gasteiger charge is -2.16. The van der Waals surface area contributed by atoms with Crippen LogP contribution in [0.4, 0.5) is 13.2 Å². The lowest BCUT2D eigenvalue weighted by atomic mass is 9.95. The Morgan fingerprint density at radius 1 is 1.10 bits per heavy atom. The fourth-order valence-corrected chi connectivity index (χ4v) is 0.601. The summed E-state index contributed by atoms with van der Waals surface area (Å²) in [4.78, 5) is 0. The number of hydrogen-bond donors (Lipinski definition) is 0. The molecule has 0 aliphatic carbocycles. The molecular formula is C7H13F3. The van der Waals surface area contributed by atoms with Gasteiger partial charge in [0.2, 0.25) is 0 Å². The van der Waals surface area contributed by atoms with Crippen molar-refractivity contribution in [2.24, 2.45) is 11.8 Å². The zero-order valence-electron chi connectivity index (χ0n) is 6.50. The molecule has 0 unspecified atom stereocenters. The molecule has 0 aromatic heterocycles. The van der Waals surface area contributed by atoms with Crippen molar-refractivity contribution in [3.63, 3.8) is 0 Å². The van der Waals surface area contributed by atoms with E-state index < -0.39 is 12.6 Å². The second-order valence-corrected chi connectivity index (χ2v) is 3.04. The molecule has 0 rings (SSSR count). The van der Waals surface area contributed by atoms with Gasteiger partial charge in [-0.05, 0) is 11.8 Å². The molecule has 0 saturated heterocycles. The van der Waals surface area contributed by atoms with Crippen molar-refractivity contribution in [3.8, 4) is 0 Å². The highest BCUT2D eigenvalue weighted by Gasteiger charge is 2.30. The summed E-state index contributed by atoms with van der Waals surface area (Å²) in [6.07, 6.45) is -4.66. The Hall–Kier alpha value is -0.210. The minimum absolute atomic E-state index is 0.113. The van der Waals surface area contributed by atoms with Crippen LogP contribution in [0.2, 0.25) is 0 Å². The zero-order valence-corrected chi connectivity index (χ0v) is 6.50. The molecular weight excluding hydrogens is 141 g/mol. The first-order chi connectivity index (χ1) is 4.33. The Morgan fingerprint density at radius 3 is 1.60 bits per heavy atom. The van der Waals surface area contributed by atoms with Crippen molar-refractivity contribution in [2.45, 2.75) is 33.4 Å². The largest absolute Gasteiger partial charge is 0.389 e. The third-order valence-corrected chi connectivity index (χ3v) is 1.69. The molecule has 0 spiro atoms. The van der Waals surface area contributed by atoms with E-state index in [4.69, 9.17) is 0 Å². The van der Waals surface area contributed by atoms with Gasteiger partial charge in [-0.15, -0.1) is 0 Å². The molecule has 0 heterocycles. The van der Waals surface area contributed by atoms with Gasteiger partial charge in [0.15, 0.2) is 0 Å². The third kappa shape index (κ3) is 4.65. The summed E-state index contributed by atoms with van der Waals surface area (Å²) in [6, 6.07) is 0. The Bertz CT molecular complexity index is 93.5. The monoisotopic (exact) mass is 154 g/mol. The van der Waals surface area contributed by atoms with E-state index in [2.05, 4.69) is 0 Å². The second-order valence-electron chi connectivity index (χ2n) is 3.04. The topological polar surface area (TPSA) is 0 Å². The molecule has 1 atom stereocenters. The fourth-order valence-electron chi connectivity index (χ4n) is 0.601. The molecule has 0 aliphatic rings. The van der Waals surface area contributed by atoms with Crippen LogP contribution in [-0.2, 0) is 0 Å². The number of alkyl halides is 3. The van der Waals surface area contributed by atoms with E-state index in [1.54, 1.807) is 20.8 Å². The highest BCUT2D eigenvalue weighted by atomic mass is 19.4. The Labute approximate surface area is 59.4 Å². The van der Waals surface area contributed by atoms with Crippen LogP contribution in [0, 0.1) is 11.8 Å². The molecule has 0 aromatic rings. The van der Waals surface area contributed by atoms with Gasteiger partial charge in [0, 0.05) is 6.42 Å². The molecule has 0 bridgehead atoms. The van der Waals surface area contributed by atoms with Crippen LogP contribution < -0.4 is 0 Å². The van der Waals surface area contributed by atoms with Crippen LogP contribution in [0.15, 0.2) is 0 Å². The summed E-state index contributed by atoms with van der Waals surface area (Å²) >= 11 is 0. The summed E-state index contributed by atoms with van der Waals surface area (Å²) in [5, 5.41) is 0. The Morgan fingerprint density at radius 2 is 1.50 bits per heavy atom. The number of hydrogen-bond acceptors (Lipinski definition) is 0. The van der Waals surface area contributed by atoms with E-state index in [1.807, 2.05) is 0 Å². The average Bonchev–Trinajstić information content (AvgIpc) is 1.60. The quantitative estimate of drug-likeness (QED) is 0.572. The molecule has 0 N–H and O–H groups in total. The van der Waals surface area contributed by atoms with E-state index in [-0.39, 0.29) is 11.8 Å². The molecule has 0 nitrogen and oxygen atoms in total. The maximum atomic E-state index is 11.7.